The molecule has 0 bridgehead atoms. The van der Waals surface area contributed by atoms with Gasteiger partial charge in [-0.3, -0.25) is 4.98 Å². The minimum absolute atomic E-state index is 0.130. The van der Waals surface area contributed by atoms with Crippen LogP contribution in [0.4, 0.5) is 0 Å². The maximum atomic E-state index is 11.9. The van der Waals surface area contributed by atoms with Crippen LogP contribution in [0.5, 0.6) is 11.5 Å². The Hall–Kier alpha value is -2.86. The normalized spacial score (nSPS) is 18.2. The lowest BCUT2D eigenvalue weighted by Gasteiger charge is -2.30. The van der Waals surface area contributed by atoms with Gasteiger partial charge in [-0.1, -0.05) is 18.2 Å². The van der Waals surface area contributed by atoms with Crippen LogP contribution in [-0.4, -0.2) is 30.6 Å². The van der Waals surface area contributed by atoms with E-state index in [2.05, 4.69) is 4.98 Å². The van der Waals surface area contributed by atoms with Gasteiger partial charge in [0.25, 0.3) is 0 Å². The summed E-state index contributed by atoms with van der Waals surface area (Å²) in [7, 11) is -3.17. The van der Waals surface area contributed by atoms with Gasteiger partial charge in [-0.2, -0.15) is 0 Å². The number of hydrogen-bond acceptors (Lipinski definition) is 5. The predicted molar refractivity (Wildman–Crippen MR) is 96.4 cm³/mol. The van der Waals surface area contributed by atoms with E-state index in [4.69, 9.17) is 4.74 Å². The lowest BCUT2D eigenvalue weighted by atomic mass is 10.1. The Kier molecular flexibility index (Phi) is 3.89. The van der Waals surface area contributed by atoms with Gasteiger partial charge in [-0.15, -0.1) is 0 Å². The average molecular weight is 352 g/mol. The summed E-state index contributed by atoms with van der Waals surface area (Å²) in [5.74, 6) is 1.50. The number of ether oxygens (including phenoxy) is 1. The van der Waals surface area contributed by atoms with Crippen LogP contribution in [0, 0.1) is 0 Å². The van der Waals surface area contributed by atoms with E-state index in [1.54, 1.807) is 6.20 Å². The summed E-state index contributed by atoms with van der Waals surface area (Å²) in [6.45, 7) is 0.456. The van der Waals surface area contributed by atoms with Crippen molar-refractivity contribution in [1.29, 1.82) is 0 Å². The van der Waals surface area contributed by atoms with Crippen molar-refractivity contribution >= 4 is 15.4 Å². The third-order valence-electron chi connectivity index (χ3n) is 4.01. The monoisotopic (exact) mass is 352 g/mol. The zero-order chi connectivity index (χ0) is 17.3. The molecule has 0 saturated heterocycles. The molecule has 2 aliphatic heterocycles. The molecule has 6 heteroatoms. The van der Waals surface area contributed by atoms with Gasteiger partial charge in [0.1, 0.15) is 11.5 Å². The van der Waals surface area contributed by atoms with Crippen LogP contribution in [0.25, 0.3) is 5.57 Å². The number of sulfone groups is 1. The van der Waals surface area contributed by atoms with Crippen LogP contribution in [0.3, 0.4) is 0 Å². The number of nitrogens with zero attached hydrogens (tertiary/aromatic N) is 2. The van der Waals surface area contributed by atoms with Crippen molar-refractivity contribution in [3.05, 3.63) is 83.8 Å². The van der Waals surface area contributed by atoms with Crippen molar-refractivity contribution in [2.24, 2.45) is 0 Å². The number of benzene rings is 1. The molecule has 0 radical (unpaired) electrons. The van der Waals surface area contributed by atoms with Crippen molar-refractivity contribution < 1.29 is 13.2 Å². The van der Waals surface area contributed by atoms with Crippen molar-refractivity contribution in [2.45, 2.75) is 0 Å². The molecule has 25 heavy (non-hydrogen) atoms. The Morgan fingerprint density at radius 1 is 1.04 bits per heavy atom. The highest BCUT2D eigenvalue weighted by atomic mass is 32.2. The molecule has 0 unspecified atom stereocenters. The van der Waals surface area contributed by atoms with Crippen LogP contribution in [0.1, 0.15) is 5.69 Å². The van der Waals surface area contributed by atoms with Gasteiger partial charge in [0.05, 0.1) is 28.7 Å². The Morgan fingerprint density at radius 2 is 1.88 bits per heavy atom. The van der Waals surface area contributed by atoms with Gasteiger partial charge in [0.2, 0.25) is 0 Å². The van der Waals surface area contributed by atoms with Gasteiger partial charge in [-0.05, 0) is 36.4 Å². The van der Waals surface area contributed by atoms with Crippen molar-refractivity contribution in [1.82, 2.24) is 9.88 Å². The molecule has 1 aromatic carbocycles. The van der Waals surface area contributed by atoms with E-state index in [-0.39, 0.29) is 5.75 Å². The molecule has 4 rings (SSSR count). The van der Waals surface area contributed by atoms with Crippen LogP contribution >= 0.6 is 0 Å². The SMILES string of the molecule is O=S1(=O)C=C2C(c3ccc(Oc4ccccc4)cn3)=CC=CN2CC1. The lowest BCUT2D eigenvalue weighted by molar-refractivity contribution is 0.479. The largest absolute Gasteiger partial charge is 0.456 e. The molecule has 0 amide bonds. The number of rotatable bonds is 3. The number of para-hydroxylation sites is 1. The smallest absolute Gasteiger partial charge is 0.175 e. The summed E-state index contributed by atoms with van der Waals surface area (Å²) < 4.78 is 29.6. The molecule has 0 saturated carbocycles. The molecular formula is C19H16N2O3S. The summed E-state index contributed by atoms with van der Waals surface area (Å²) >= 11 is 0. The number of allylic oxidation sites excluding steroid dienone is 3. The number of hydrogen-bond donors (Lipinski definition) is 0. The summed E-state index contributed by atoms with van der Waals surface area (Å²) in [5, 5.41) is 1.34. The van der Waals surface area contributed by atoms with Gasteiger partial charge >= 0.3 is 0 Å². The van der Waals surface area contributed by atoms with Crippen molar-refractivity contribution in [2.75, 3.05) is 12.3 Å². The second-order valence-electron chi connectivity index (χ2n) is 5.78. The predicted octanol–water partition coefficient (Wildman–Crippen LogP) is 3.36. The van der Waals surface area contributed by atoms with Crippen LogP contribution in [-0.2, 0) is 9.84 Å². The standard InChI is InChI=1S/C19H16N2O3S/c22-25(23)12-11-21-10-4-7-17(19(21)14-25)18-9-8-16(13-20-18)24-15-5-2-1-3-6-15/h1-10,13-14H,11-12H2. The highest BCUT2D eigenvalue weighted by molar-refractivity contribution is 7.94. The van der Waals surface area contributed by atoms with Gasteiger partial charge in [0, 0.05) is 18.3 Å². The molecule has 2 aliphatic rings. The molecule has 0 N–H and O–H groups in total. The number of pyridine rings is 1. The summed E-state index contributed by atoms with van der Waals surface area (Å²) in [6, 6.07) is 13.1. The second-order valence-corrected chi connectivity index (χ2v) is 7.75. The van der Waals surface area contributed by atoms with Gasteiger partial charge in [-0.25, -0.2) is 8.42 Å². The maximum Gasteiger partial charge on any atom is 0.175 e. The van der Waals surface area contributed by atoms with Crippen LogP contribution in [0.15, 0.2) is 78.1 Å². The Balaban J connectivity index is 1.62. The van der Waals surface area contributed by atoms with E-state index < -0.39 is 9.84 Å². The maximum absolute atomic E-state index is 11.9. The zero-order valence-corrected chi connectivity index (χ0v) is 14.2. The molecule has 0 aliphatic carbocycles. The van der Waals surface area contributed by atoms with E-state index in [1.165, 1.54) is 5.41 Å². The molecule has 0 spiro atoms. The van der Waals surface area contributed by atoms with E-state index in [0.717, 1.165) is 11.3 Å². The summed E-state index contributed by atoms with van der Waals surface area (Å²) in [4.78, 5) is 6.38. The minimum Gasteiger partial charge on any atom is -0.456 e. The fraction of sp³-hybridized carbons (Fsp3) is 0.105. The molecule has 0 fully saturated rings. The number of fused-ring (bicyclic) bond motifs is 1. The molecule has 2 aromatic rings. The van der Waals surface area contributed by atoms with Gasteiger partial charge in [0.15, 0.2) is 9.84 Å². The first-order chi connectivity index (χ1) is 12.1. The summed E-state index contributed by atoms with van der Waals surface area (Å²) in [6.07, 6.45) is 7.31. The topological polar surface area (TPSA) is 59.5 Å². The minimum atomic E-state index is -3.17. The highest BCUT2D eigenvalue weighted by Gasteiger charge is 2.26. The van der Waals surface area contributed by atoms with Crippen molar-refractivity contribution in [3.63, 3.8) is 0 Å². The third kappa shape index (κ3) is 3.34. The fourth-order valence-corrected chi connectivity index (χ4v) is 3.96. The first-order valence-corrected chi connectivity index (χ1v) is 9.62. The molecular weight excluding hydrogens is 336 g/mol. The Bertz CT molecular complexity index is 975. The van der Waals surface area contributed by atoms with Gasteiger partial charge < -0.3 is 9.64 Å². The molecule has 3 heterocycles. The Morgan fingerprint density at radius 3 is 2.64 bits per heavy atom. The Labute approximate surface area is 146 Å². The average Bonchev–Trinajstić information content (AvgIpc) is 2.62. The molecule has 0 atom stereocenters. The molecule has 1 aromatic heterocycles. The van der Waals surface area contributed by atoms with E-state index >= 15 is 0 Å². The van der Waals surface area contributed by atoms with Crippen LogP contribution < -0.4 is 4.74 Å². The second kappa shape index (κ2) is 6.22. The molecule has 126 valence electrons. The number of aromatic nitrogens is 1. The fourth-order valence-electron chi connectivity index (χ4n) is 2.79. The molecule has 5 nitrogen and oxygen atoms in total. The van der Waals surface area contributed by atoms with E-state index in [1.807, 2.05) is 65.7 Å². The van der Waals surface area contributed by atoms with E-state index in [0.29, 0.717) is 23.7 Å². The summed E-state index contributed by atoms with van der Waals surface area (Å²) in [5.41, 5.74) is 2.16. The van der Waals surface area contributed by atoms with Crippen molar-refractivity contribution in [3.8, 4) is 11.5 Å². The first-order valence-electron chi connectivity index (χ1n) is 7.90. The lowest BCUT2D eigenvalue weighted by Crippen LogP contribution is -2.31. The first kappa shape index (κ1) is 15.7. The quantitative estimate of drug-likeness (QED) is 0.848. The highest BCUT2D eigenvalue weighted by Crippen LogP contribution is 2.32. The van der Waals surface area contributed by atoms with E-state index in [9.17, 15) is 8.42 Å². The third-order valence-corrected chi connectivity index (χ3v) is 5.35. The zero-order valence-electron chi connectivity index (χ0n) is 13.4. The van der Waals surface area contributed by atoms with Crippen LogP contribution in [0.2, 0.25) is 0 Å².